The molecule has 32 heavy (non-hydrogen) atoms. The number of rotatable bonds is 4. The minimum absolute atomic E-state index is 0.513. The summed E-state index contributed by atoms with van der Waals surface area (Å²) in [5, 5.41) is 34.1. The lowest BCUT2D eigenvalue weighted by Gasteiger charge is -2.17. The standard InChI is InChI=1S/C24H21N5O3/c1-14-20(30)21(31)24(32-14)29-12-18(16-7-3-2-4-8-16)19-22(26-13-27-23(19)29)28-17-9-5-6-15(10-17)11-25/h2-10,12-14,20-21,24,30-31H,1H3,(H,26,27,28)/t14-,20-,21-,24-/m1/s1. The van der Waals surface area contributed by atoms with E-state index in [1.807, 2.05) is 42.6 Å². The highest BCUT2D eigenvalue weighted by Gasteiger charge is 2.42. The van der Waals surface area contributed by atoms with Crippen LogP contribution >= 0.6 is 0 Å². The quantitative estimate of drug-likeness (QED) is 0.457. The van der Waals surface area contributed by atoms with Crippen molar-refractivity contribution in [2.45, 2.75) is 31.5 Å². The fourth-order valence-corrected chi connectivity index (χ4v) is 4.07. The molecule has 0 spiro atoms. The second-order valence-corrected chi connectivity index (χ2v) is 7.77. The largest absolute Gasteiger partial charge is 0.388 e. The molecule has 4 atom stereocenters. The van der Waals surface area contributed by atoms with Crippen LogP contribution in [-0.2, 0) is 4.74 Å². The fourth-order valence-electron chi connectivity index (χ4n) is 4.07. The van der Waals surface area contributed by atoms with Gasteiger partial charge in [-0.2, -0.15) is 5.26 Å². The Labute approximate surface area is 184 Å². The zero-order valence-electron chi connectivity index (χ0n) is 17.3. The first kappa shape index (κ1) is 20.2. The molecule has 1 aliphatic rings. The van der Waals surface area contributed by atoms with Gasteiger partial charge in [-0.15, -0.1) is 0 Å². The number of nitrogens with zero attached hydrogens (tertiary/aromatic N) is 4. The lowest BCUT2D eigenvalue weighted by molar-refractivity contribution is -0.0295. The maximum atomic E-state index is 10.6. The van der Waals surface area contributed by atoms with E-state index in [1.54, 1.807) is 29.7 Å². The van der Waals surface area contributed by atoms with Crippen LogP contribution in [0.3, 0.4) is 0 Å². The van der Waals surface area contributed by atoms with E-state index in [-0.39, 0.29) is 0 Å². The van der Waals surface area contributed by atoms with Crippen LogP contribution in [0.5, 0.6) is 0 Å². The minimum atomic E-state index is -1.09. The van der Waals surface area contributed by atoms with Crippen molar-refractivity contribution in [1.29, 1.82) is 5.26 Å². The van der Waals surface area contributed by atoms with E-state index in [0.29, 0.717) is 17.0 Å². The van der Waals surface area contributed by atoms with Crippen LogP contribution in [0.2, 0.25) is 0 Å². The van der Waals surface area contributed by atoms with Crippen molar-refractivity contribution in [2.24, 2.45) is 0 Å². The number of aliphatic hydroxyl groups excluding tert-OH is 2. The lowest BCUT2D eigenvalue weighted by atomic mass is 10.1. The molecule has 1 fully saturated rings. The Kier molecular flexibility index (Phi) is 5.07. The summed E-state index contributed by atoms with van der Waals surface area (Å²) in [5.41, 5.74) is 3.61. The molecule has 0 radical (unpaired) electrons. The van der Waals surface area contributed by atoms with Gasteiger partial charge in [-0.25, -0.2) is 9.97 Å². The van der Waals surface area contributed by atoms with Crippen molar-refractivity contribution >= 4 is 22.5 Å². The second kappa shape index (κ2) is 8.05. The number of benzene rings is 2. The molecule has 0 saturated carbocycles. The Morgan fingerprint density at radius 3 is 2.59 bits per heavy atom. The lowest BCUT2D eigenvalue weighted by Crippen LogP contribution is -2.30. The maximum Gasteiger partial charge on any atom is 0.164 e. The first-order valence-electron chi connectivity index (χ1n) is 10.3. The van der Waals surface area contributed by atoms with E-state index in [9.17, 15) is 15.5 Å². The molecule has 0 amide bonds. The van der Waals surface area contributed by atoms with Crippen LogP contribution in [0.1, 0.15) is 18.7 Å². The van der Waals surface area contributed by atoms with Gasteiger partial charge in [-0.1, -0.05) is 36.4 Å². The topological polar surface area (TPSA) is 116 Å². The maximum absolute atomic E-state index is 10.6. The van der Waals surface area contributed by atoms with Crippen LogP contribution in [0.15, 0.2) is 67.1 Å². The number of aliphatic hydroxyl groups is 2. The average molecular weight is 427 g/mol. The summed E-state index contributed by atoms with van der Waals surface area (Å²) >= 11 is 0. The molecular formula is C24H21N5O3. The number of anilines is 2. The van der Waals surface area contributed by atoms with Gasteiger partial charge in [0.25, 0.3) is 0 Å². The molecule has 160 valence electrons. The van der Waals surface area contributed by atoms with Crippen LogP contribution < -0.4 is 5.32 Å². The third kappa shape index (κ3) is 3.39. The van der Waals surface area contributed by atoms with Gasteiger partial charge in [0.15, 0.2) is 6.23 Å². The summed E-state index contributed by atoms with van der Waals surface area (Å²) in [6.07, 6.45) is -0.0887. The Hall–Kier alpha value is -3.77. The van der Waals surface area contributed by atoms with Crippen molar-refractivity contribution in [3.8, 4) is 17.2 Å². The second-order valence-electron chi connectivity index (χ2n) is 7.77. The fraction of sp³-hybridized carbons (Fsp3) is 0.208. The predicted octanol–water partition coefficient (Wildman–Crippen LogP) is 3.35. The van der Waals surface area contributed by atoms with Gasteiger partial charge < -0.3 is 24.8 Å². The van der Waals surface area contributed by atoms with Crippen molar-refractivity contribution in [3.05, 3.63) is 72.7 Å². The van der Waals surface area contributed by atoms with Gasteiger partial charge in [-0.05, 0) is 30.7 Å². The zero-order valence-corrected chi connectivity index (χ0v) is 17.3. The zero-order chi connectivity index (χ0) is 22.2. The first-order valence-corrected chi connectivity index (χ1v) is 10.3. The van der Waals surface area contributed by atoms with E-state index in [4.69, 9.17) is 4.74 Å². The summed E-state index contributed by atoms with van der Waals surface area (Å²) in [7, 11) is 0. The van der Waals surface area contributed by atoms with Gasteiger partial charge in [0.05, 0.1) is 23.1 Å². The van der Waals surface area contributed by atoms with Crippen molar-refractivity contribution in [1.82, 2.24) is 14.5 Å². The monoisotopic (exact) mass is 427 g/mol. The smallest absolute Gasteiger partial charge is 0.164 e. The summed E-state index contributed by atoms with van der Waals surface area (Å²) in [6.45, 7) is 1.72. The molecule has 0 unspecified atom stereocenters. The van der Waals surface area contributed by atoms with Crippen LogP contribution in [0.4, 0.5) is 11.5 Å². The Morgan fingerprint density at radius 1 is 1.06 bits per heavy atom. The summed E-state index contributed by atoms with van der Waals surface area (Å²) < 4.78 is 7.61. The highest BCUT2D eigenvalue weighted by Crippen LogP contribution is 2.39. The van der Waals surface area contributed by atoms with Crippen LogP contribution in [0.25, 0.3) is 22.2 Å². The highest BCUT2D eigenvalue weighted by atomic mass is 16.6. The number of aromatic nitrogens is 3. The molecule has 0 aliphatic carbocycles. The van der Waals surface area contributed by atoms with E-state index in [0.717, 1.165) is 22.2 Å². The molecule has 1 aliphatic heterocycles. The molecule has 1 saturated heterocycles. The number of nitriles is 1. The van der Waals surface area contributed by atoms with Crippen molar-refractivity contribution < 1.29 is 14.9 Å². The van der Waals surface area contributed by atoms with E-state index in [1.165, 1.54) is 6.33 Å². The summed E-state index contributed by atoms with van der Waals surface area (Å²) in [6, 6.07) is 19.1. The highest BCUT2D eigenvalue weighted by molar-refractivity contribution is 6.02. The molecule has 3 heterocycles. The van der Waals surface area contributed by atoms with Gasteiger partial charge in [0.2, 0.25) is 0 Å². The molecule has 8 heteroatoms. The van der Waals surface area contributed by atoms with Gasteiger partial charge in [0, 0.05) is 17.4 Å². The average Bonchev–Trinajstić information content (AvgIpc) is 3.33. The molecule has 5 rings (SSSR count). The number of fused-ring (bicyclic) bond motifs is 1. The normalized spacial score (nSPS) is 22.7. The third-order valence-corrected chi connectivity index (χ3v) is 5.70. The van der Waals surface area contributed by atoms with Gasteiger partial charge in [0.1, 0.15) is 30.0 Å². The summed E-state index contributed by atoms with van der Waals surface area (Å²) in [4.78, 5) is 8.94. The Morgan fingerprint density at radius 2 is 1.88 bits per heavy atom. The molecule has 4 aromatic rings. The van der Waals surface area contributed by atoms with Gasteiger partial charge >= 0.3 is 0 Å². The van der Waals surface area contributed by atoms with E-state index >= 15 is 0 Å². The molecule has 2 aromatic heterocycles. The molecule has 2 aromatic carbocycles. The first-order chi connectivity index (χ1) is 15.6. The van der Waals surface area contributed by atoms with Crippen molar-refractivity contribution in [3.63, 3.8) is 0 Å². The number of hydrogen-bond donors (Lipinski definition) is 3. The molecular weight excluding hydrogens is 406 g/mol. The van der Waals surface area contributed by atoms with E-state index in [2.05, 4.69) is 21.4 Å². The molecule has 0 bridgehead atoms. The van der Waals surface area contributed by atoms with E-state index < -0.39 is 24.5 Å². The Bertz CT molecular complexity index is 1310. The van der Waals surface area contributed by atoms with Gasteiger partial charge in [-0.3, -0.25) is 0 Å². The SMILES string of the molecule is C[C@H]1O[C@@H](n2cc(-c3ccccc3)c3c(Nc4cccc(C#N)c4)ncnc32)[C@H](O)[C@@H]1O. The number of ether oxygens (including phenoxy) is 1. The minimum Gasteiger partial charge on any atom is -0.388 e. The Balaban J connectivity index is 1.69. The van der Waals surface area contributed by atoms with Crippen molar-refractivity contribution in [2.75, 3.05) is 5.32 Å². The van der Waals surface area contributed by atoms with Crippen LogP contribution in [-0.4, -0.2) is 43.1 Å². The van der Waals surface area contributed by atoms with Crippen LogP contribution in [0, 0.1) is 11.3 Å². The number of nitrogens with one attached hydrogen (secondary N) is 1. The summed E-state index contributed by atoms with van der Waals surface area (Å²) in [5.74, 6) is 0.559. The number of hydrogen-bond acceptors (Lipinski definition) is 7. The molecule has 3 N–H and O–H groups in total. The molecule has 8 nitrogen and oxygen atoms in total. The third-order valence-electron chi connectivity index (χ3n) is 5.70. The predicted molar refractivity (Wildman–Crippen MR) is 119 cm³/mol.